The molecule has 2 rings (SSSR count). The smallest absolute Gasteiger partial charge is 0.0224 e. The third-order valence-corrected chi connectivity index (χ3v) is 5.32. The zero-order chi connectivity index (χ0) is 10.5. The lowest BCUT2D eigenvalue weighted by Crippen LogP contribution is -2.38. The second-order valence-electron chi connectivity index (χ2n) is 4.14. The van der Waals surface area contributed by atoms with Gasteiger partial charge in [0.1, 0.15) is 0 Å². The van der Waals surface area contributed by atoms with E-state index in [1.54, 1.807) is 11.3 Å². The molecule has 1 aliphatic heterocycles. The third kappa shape index (κ3) is 3.23. The first-order valence-electron chi connectivity index (χ1n) is 5.70. The van der Waals surface area contributed by atoms with Crippen molar-refractivity contribution in [3.05, 3.63) is 22.4 Å². The van der Waals surface area contributed by atoms with Gasteiger partial charge in [0.2, 0.25) is 0 Å². The first-order chi connectivity index (χ1) is 7.40. The molecule has 2 heterocycles. The first-order valence-corrected chi connectivity index (χ1v) is 7.69. The van der Waals surface area contributed by atoms with E-state index in [1.807, 2.05) is 0 Å². The fraction of sp³-hybridized carbons (Fsp3) is 0.667. The minimum atomic E-state index is 0.657. The maximum Gasteiger partial charge on any atom is 0.0224 e. The second kappa shape index (κ2) is 5.92. The molecule has 1 aromatic heterocycles. The van der Waals surface area contributed by atoms with Gasteiger partial charge in [-0.15, -0.1) is 0 Å². The molecule has 0 aliphatic carbocycles. The molecule has 1 aliphatic rings. The minimum absolute atomic E-state index is 0.657. The second-order valence-corrected chi connectivity index (χ2v) is 6.26. The van der Waals surface area contributed by atoms with Crippen LogP contribution in [0, 0.1) is 0 Å². The summed E-state index contributed by atoms with van der Waals surface area (Å²) in [5, 5.41) is 8.77. The van der Waals surface area contributed by atoms with Gasteiger partial charge in [0, 0.05) is 11.3 Å². The van der Waals surface area contributed by atoms with Crippen LogP contribution < -0.4 is 5.32 Å². The lowest BCUT2D eigenvalue weighted by Gasteiger charge is -2.29. The van der Waals surface area contributed by atoms with E-state index in [9.17, 15) is 0 Å². The lowest BCUT2D eigenvalue weighted by molar-refractivity contribution is 0.495. The predicted molar refractivity (Wildman–Crippen MR) is 71.0 cm³/mol. The van der Waals surface area contributed by atoms with Crippen LogP contribution in [0.25, 0.3) is 0 Å². The Hall–Kier alpha value is 0.01000. The van der Waals surface area contributed by atoms with Crippen molar-refractivity contribution in [1.82, 2.24) is 5.32 Å². The average Bonchev–Trinajstić information content (AvgIpc) is 2.80. The summed E-state index contributed by atoms with van der Waals surface area (Å²) < 4.78 is 0. The van der Waals surface area contributed by atoms with Crippen molar-refractivity contribution in [1.29, 1.82) is 0 Å². The summed E-state index contributed by atoms with van der Waals surface area (Å²) in [5.41, 5.74) is 1.49. The molecule has 2 unspecified atom stereocenters. The highest BCUT2D eigenvalue weighted by molar-refractivity contribution is 8.00. The molecule has 1 N–H and O–H groups in total. The lowest BCUT2D eigenvalue weighted by atomic mass is 10.0. The summed E-state index contributed by atoms with van der Waals surface area (Å²) in [6, 6.07) is 2.91. The van der Waals surface area contributed by atoms with Crippen molar-refractivity contribution in [3.8, 4) is 0 Å². The predicted octanol–water partition coefficient (Wildman–Crippen LogP) is 3.16. The van der Waals surface area contributed by atoms with E-state index in [2.05, 4.69) is 41.0 Å². The van der Waals surface area contributed by atoms with Gasteiger partial charge in [0.15, 0.2) is 0 Å². The number of hydrogen-bond donors (Lipinski definition) is 1. The van der Waals surface area contributed by atoms with E-state index in [0.717, 1.165) is 5.25 Å². The van der Waals surface area contributed by atoms with Gasteiger partial charge in [-0.3, -0.25) is 0 Å². The number of thioether (sulfide) groups is 1. The van der Waals surface area contributed by atoms with E-state index in [1.165, 1.54) is 37.0 Å². The Labute approximate surface area is 101 Å². The summed E-state index contributed by atoms with van der Waals surface area (Å²) in [5.74, 6) is 1.35. The Morgan fingerprint density at radius 3 is 3.07 bits per heavy atom. The Bertz CT molecular complexity index is 265. The van der Waals surface area contributed by atoms with E-state index >= 15 is 0 Å². The van der Waals surface area contributed by atoms with Crippen molar-refractivity contribution < 1.29 is 0 Å². The zero-order valence-corrected chi connectivity index (χ0v) is 10.9. The molecule has 3 heteroatoms. The van der Waals surface area contributed by atoms with E-state index in [4.69, 9.17) is 0 Å². The molecule has 84 valence electrons. The van der Waals surface area contributed by atoms with Crippen molar-refractivity contribution in [2.45, 2.75) is 37.0 Å². The molecule has 0 bridgehead atoms. The molecule has 0 amide bonds. The van der Waals surface area contributed by atoms with Crippen LogP contribution in [0.3, 0.4) is 0 Å². The first kappa shape index (κ1) is 11.5. The summed E-state index contributed by atoms with van der Waals surface area (Å²) in [6.45, 7) is 0. The van der Waals surface area contributed by atoms with Crippen LogP contribution in [0.2, 0.25) is 0 Å². The number of hydrogen-bond acceptors (Lipinski definition) is 3. The van der Waals surface area contributed by atoms with Gasteiger partial charge < -0.3 is 5.32 Å². The Morgan fingerprint density at radius 1 is 1.53 bits per heavy atom. The third-order valence-electron chi connectivity index (χ3n) is 3.07. The summed E-state index contributed by atoms with van der Waals surface area (Å²) >= 11 is 3.96. The van der Waals surface area contributed by atoms with Crippen molar-refractivity contribution >= 4 is 23.1 Å². The van der Waals surface area contributed by atoms with Crippen molar-refractivity contribution in [2.75, 3.05) is 12.8 Å². The molecule has 1 fully saturated rings. The van der Waals surface area contributed by atoms with E-state index in [0.29, 0.717) is 6.04 Å². The number of nitrogens with one attached hydrogen (secondary N) is 1. The van der Waals surface area contributed by atoms with Gasteiger partial charge in [0.25, 0.3) is 0 Å². The van der Waals surface area contributed by atoms with Crippen LogP contribution >= 0.6 is 23.1 Å². The molecule has 1 aromatic rings. The quantitative estimate of drug-likeness (QED) is 0.869. The molecule has 15 heavy (non-hydrogen) atoms. The SMILES string of the molecule is CNC(Cc1ccsc1)C1CCCCS1. The monoisotopic (exact) mass is 241 g/mol. The molecular weight excluding hydrogens is 222 g/mol. The normalized spacial score (nSPS) is 23.9. The maximum absolute atomic E-state index is 3.49. The van der Waals surface area contributed by atoms with Crippen LogP contribution in [0.1, 0.15) is 24.8 Å². The number of rotatable bonds is 4. The van der Waals surface area contributed by atoms with E-state index in [-0.39, 0.29) is 0 Å². The highest BCUT2D eigenvalue weighted by Gasteiger charge is 2.22. The molecule has 0 saturated carbocycles. The van der Waals surface area contributed by atoms with Gasteiger partial charge in [-0.25, -0.2) is 0 Å². The molecule has 0 radical (unpaired) electrons. The maximum atomic E-state index is 3.49. The molecule has 2 atom stereocenters. The van der Waals surface area contributed by atoms with Crippen molar-refractivity contribution in [3.63, 3.8) is 0 Å². The summed E-state index contributed by atoms with van der Waals surface area (Å²) in [7, 11) is 2.10. The fourth-order valence-corrected chi connectivity index (χ4v) is 4.32. The van der Waals surface area contributed by atoms with Crippen molar-refractivity contribution in [2.24, 2.45) is 0 Å². The Balaban J connectivity index is 1.91. The molecule has 1 saturated heterocycles. The molecule has 0 aromatic carbocycles. The Morgan fingerprint density at radius 2 is 2.47 bits per heavy atom. The standard InChI is InChI=1S/C12H19NS2/c1-13-11(8-10-5-7-14-9-10)12-4-2-3-6-15-12/h5,7,9,11-13H,2-4,6,8H2,1H3. The van der Waals surface area contributed by atoms with Gasteiger partial charge in [-0.1, -0.05) is 6.42 Å². The fourth-order valence-electron chi connectivity index (χ4n) is 2.17. The van der Waals surface area contributed by atoms with Crippen LogP contribution in [-0.4, -0.2) is 24.1 Å². The number of likely N-dealkylation sites (N-methyl/N-ethyl adjacent to an activating group) is 1. The van der Waals surface area contributed by atoms with Gasteiger partial charge >= 0.3 is 0 Å². The summed E-state index contributed by atoms with van der Waals surface area (Å²) in [6.07, 6.45) is 5.41. The van der Waals surface area contributed by atoms with Crippen LogP contribution in [0.4, 0.5) is 0 Å². The molecule has 1 nitrogen and oxygen atoms in total. The highest BCUT2D eigenvalue weighted by Crippen LogP contribution is 2.29. The zero-order valence-electron chi connectivity index (χ0n) is 9.24. The van der Waals surface area contributed by atoms with Gasteiger partial charge in [0.05, 0.1) is 0 Å². The van der Waals surface area contributed by atoms with Gasteiger partial charge in [-0.2, -0.15) is 23.1 Å². The number of thiophene rings is 1. The van der Waals surface area contributed by atoms with Gasteiger partial charge in [-0.05, 0) is 54.5 Å². The average molecular weight is 241 g/mol. The Kier molecular flexibility index (Phi) is 4.54. The van der Waals surface area contributed by atoms with Crippen LogP contribution in [-0.2, 0) is 6.42 Å². The molecular formula is C12H19NS2. The largest absolute Gasteiger partial charge is 0.316 e. The van der Waals surface area contributed by atoms with Crippen LogP contribution in [0.15, 0.2) is 16.8 Å². The summed E-state index contributed by atoms with van der Waals surface area (Å²) in [4.78, 5) is 0. The topological polar surface area (TPSA) is 12.0 Å². The minimum Gasteiger partial charge on any atom is -0.316 e. The van der Waals surface area contributed by atoms with E-state index < -0.39 is 0 Å². The van der Waals surface area contributed by atoms with Crippen LogP contribution in [0.5, 0.6) is 0 Å². The molecule has 0 spiro atoms. The highest BCUT2D eigenvalue weighted by atomic mass is 32.2.